The number of halogens is 1. The van der Waals surface area contributed by atoms with Crippen molar-refractivity contribution in [3.63, 3.8) is 0 Å². The van der Waals surface area contributed by atoms with Crippen molar-refractivity contribution in [3.05, 3.63) is 70.2 Å². The zero-order chi connectivity index (χ0) is 13.4. The summed E-state index contributed by atoms with van der Waals surface area (Å²) in [5.41, 5.74) is 9.05. The van der Waals surface area contributed by atoms with Crippen molar-refractivity contribution in [1.82, 2.24) is 0 Å². The van der Waals surface area contributed by atoms with E-state index in [0.29, 0.717) is 6.54 Å². The predicted octanol–water partition coefficient (Wildman–Crippen LogP) is 4.36. The maximum atomic E-state index is 5.80. The number of benzene rings is 2. The van der Waals surface area contributed by atoms with Gasteiger partial charge in [-0.1, -0.05) is 61.0 Å². The van der Waals surface area contributed by atoms with Crippen LogP contribution in [0, 0.1) is 6.92 Å². The lowest BCUT2D eigenvalue weighted by Gasteiger charge is -1.99. The van der Waals surface area contributed by atoms with Gasteiger partial charge in [-0.15, -0.1) is 0 Å². The van der Waals surface area contributed by atoms with E-state index >= 15 is 0 Å². The van der Waals surface area contributed by atoms with Crippen LogP contribution in [0.2, 0.25) is 5.02 Å². The van der Waals surface area contributed by atoms with Crippen LogP contribution in [0.3, 0.4) is 0 Å². The second kappa shape index (κ2) is 7.91. The predicted molar refractivity (Wildman–Crippen MR) is 79.9 cm³/mol. The third-order valence-electron chi connectivity index (χ3n) is 2.71. The third kappa shape index (κ3) is 4.91. The van der Waals surface area contributed by atoms with Crippen molar-refractivity contribution in [1.29, 1.82) is 0 Å². The van der Waals surface area contributed by atoms with Gasteiger partial charge in [-0.25, -0.2) is 0 Å². The van der Waals surface area contributed by atoms with E-state index in [4.69, 9.17) is 17.3 Å². The minimum Gasteiger partial charge on any atom is -0.326 e. The van der Waals surface area contributed by atoms with Gasteiger partial charge in [0.1, 0.15) is 0 Å². The standard InChI is InChI=1S/C8H10ClN.C8H10/c1-6-4-7(5-10)2-3-8(6)9;1-2-8-6-4-3-5-7-8/h2-4H,5,10H2,1H3;3-7H,2H2,1H3. The van der Waals surface area contributed by atoms with E-state index in [2.05, 4.69) is 31.2 Å². The van der Waals surface area contributed by atoms with Gasteiger partial charge in [-0.2, -0.15) is 0 Å². The molecular formula is C16H20ClN. The SMILES string of the molecule is CCc1ccccc1.Cc1cc(CN)ccc1Cl. The van der Waals surface area contributed by atoms with Gasteiger partial charge in [-0.3, -0.25) is 0 Å². The molecule has 0 bridgehead atoms. The summed E-state index contributed by atoms with van der Waals surface area (Å²) >= 11 is 5.80. The fourth-order valence-corrected chi connectivity index (χ4v) is 1.67. The van der Waals surface area contributed by atoms with Crippen LogP contribution in [-0.2, 0) is 13.0 Å². The zero-order valence-corrected chi connectivity index (χ0v) is 11.7. The maximum absolute atomic E-state index is 5.80. The summed E-state index contributed by atoms with van der Waals surface area (Å²) in [7, 11) is 0. The van der Waals surface area contributed by atoms with Gasteiger partial charge >= 0.3 is 0 Å². The second-order valence-electron chi connectivity index (χ2n) is 4.13. The molecule has 0 fully saturated rings. The van der Waals surface area contributed by atoms with E-state index in [-0.39, 0.29) is 0 Å². The minimum atomic E-state index is 0.581. The quantitative estimate of drug-likeness (QED) is 0.854. The van der Waals surface area contributed by atoms with Gasteiger partial charge < -0.3 is 5.73 Å². The van der Waals surface area contributed by atoms with Crippen LogP contribution in [0.1, 0.15) is 23.6 Å². The molecule has 0 amide bonds. The molecule has 0 unspecified atom stereocenters. The lowest BCUT2D eigenvalue weighted by atomic mass is 10.1. The highest BCUT2D eigenvalue weighted by Gasteiger charge is 1.94. The van der Waals surface area contributed by atoms with Crippen LogP contribution in [0.25, 0.3) is 0 Å². The number of hydrogen-bond donors (Lipinski definition) is 1. The van der Waals surface area contributed by atoms with Crippen LogP contribution < -0.4 is 5.73 Å². The van der Waals surface area contributed by atoms with Crippen LogP contribution in [0.4, 0.5) is 0 Å². The van der Waals surface area contributed by atoms with E-state index in [1.165, 1.54) is 5.56 Å². The van der Waals surface area contributed by atoms with Crippen LogP contribution >= 0.6 is 11.6 Å². The first-order valence-electron chi connectivity index (χ1n) is 6.16. The Labute approximate surface area is 115 Å². The first kappa shape index (κ1) is 14.7. The Morgan fingerprint density at radius 1 is 1.00 bits per heavy atom. The molecule has 0 aliphatic heterocycles. The molecule has 0 aromatic heterocycles. The van der Waals surface area contributed by atoms with Crippen molar-refractivity contribution < 1.29 is 0 Å². The monoisotopic (exact) mass is 261 g/mol. The summed E-state index contributed by atoms with van der Waals surface area (Å²) in [4.78, 5) is 0. The Balaban J connectivity index is 0.000000184. The topological polar surface area (TPSA) is 26.0 Å². The molecule has 0 heterocycles. The smallest absolute Gasteiger partial charge is 0.0435 e. The lowest BCUT2D eigenvalue weighted by molar-refractivity contribution is 1.07. The first-order valence-corrected chi connectivity index (χ1v) is 6.54. The molecule has 2 aromatic carbocycles. The van der Waals surface area contributed by atoms with Gasteiger partial charge in [-0.05, 0) is 36.1 Å². The van der Waals surface area contributed by atoms with Gasteiger partial charge in [0, 0.05) is 11.6 Å². The zero-order valence-electron chi connectivity index (χ0n) is 11.0. The Hall–Kier alpha value is -1.31. The van der Waals surface area contributed by atoms with Gasteiger partial charge in [0.05, 0.1) is 0 Å². The van der Waals surface area contributed by atoms with E-state index in [1.54, 1.807) is 0 Å². The van der Waals surface area contributed by atoms with Gasteiger partial charge in [0.25, 0.3) is 0 Å². The summed E-state index contributed by atoms with van der Waals surface area (Å²) in [6.45, 7) is 4.72. The highest BCUT2D eigenvalue weighted by Crippen LogP contribution is 2.15. The normalized spacial score (nSPS) is 9.56. The molecule has 0 atom stereocenters. The van der Waals surface area contributed by atoms with Crippen molar-refractivity contribution in [3.8, 4) is 0 Å². The molecule has 2 N–H and O–H groups in total. The highest BCUT2D eigenvalue weighted by atomic mass is 35.5. The fraction of sp³-hybridized carbons (Fsp3) is 0.250. The van der Waals surface area contributed by atoms with E-state index in [1.807, 2.05) is 31.2 Å². The molecule has 0 spiro atoms. The Morgan fingerprint density at radius 2 is 1.67 bits per heavy atom. The molecule has 2 rings (SSSR count). The minimum absolute atomic E-state index is 0.581. The van der Waals surface area contributed by atoms with Crippen molar-refractivity contribution in [2.24, 2.45) is 5.73 Å². The average molecular weight is 262 g/mol. The van der Waals surface area contributed by atoms with E-state index in [0.717, 1.165) is 22.6 Å². The molecule has 2 aromatic rings. The number of nitrogens with two attached hydrogens (primary N) is 1. The summed E-state index contributed by atoms with van der Waals surface area (Å²) in [6.07, 6.45) is 1.14. The molecule has 1 nitrogen and oxygen atoms in total. The summed E-state index contributed by atoms with van der Waals surface area (Å²) in [6, 6.07) is 16.3. The third-order valence-corrected chi connectivity index (χ3v) is 3.13. The van der Waals surface area contributed by atoms with Crippen molar-refractivity contribution >= 4 is 11.6 Å². The summed E-state index contributed by atoms with van der Waals surface area (Å²) in [5.74, 6) is 0. The molecular weight excluding hydrogens is 242 g/mol. The van der Waals surface area contributed by atoms with Crippen LogP contribution in [0.5, 0.6) is 0 Å². The van der Waals surface area contributed by atoms with Gasteiger partial charge in [0.2, 0.25) is 0 Å². The molecule has 2 heteroatoms. The number of rotatable bonds is 2. The Kier molecular flexibility index (Phi) is 6.48. The number of aryl methyl sites for hydroxylation is 2. The summed E-state index contributed by atoms with van der Waals surface area (Å²) in [5, 5.41) is 0.803. The molecule has 0 radical (unpaired) electrons. The number of hydrogen-bond acceptors (Lipinski definition) is 1. The van der Waals surface area contributed by atoms with Crippen molar-refractivity contribution in [2.45, 2.75) is 26.8 Å². The molecule has 0 saturated heterocycles. The van der Waals surface area contributed by atoms with Gasteiger partial charge in [0.15, 0.2) is 0 Å². The van der Waals surface area contributed by atoms with E-state index in [9.17, 15) is 0 Å². The second-order valence-corrected chi connectivity index (χ2v) is 4.53. The fourth-order valence-electron chi connectivity index (χ4n) is 1.55. The molecule has 96 valence electrons. The molecule has 0 aliphatic rings. The highest BCUT2D eigenvalue weighted by molar-refractivity contribution is 6.31. The lowest BCUT2D eigenvalue weighted by Crippen LogP contribution is -1.95. The van der Waals surface area contributed by atoms with Crippen LogP contribution in [0.15, 0.2) is 48.5 Å². The van der Waals surface area contributed by atoms with E-state index < -0.39 is 0 Å². The molecule has 0 aliphatic carbocycles. The molecule has 18 heavy (non-hydrogen) atoms. The molecule has 0 saturated carbocycles. The van der Waals surface area contributed by atoms with Crippen LogP contribution in [-0.4, -0.2) is 0 Å². The van der Waals surface area contributed by atoms with Crippen molar-refractivity contribution in [2.75, 3.05) is 0 Å². The Bertz CT molecular complexity index is 466. The maximum Gasteiger partial charge on any atom is 0.0435 e. The first-order chi connectivity index (χ1) is 8.67. The average Bonchev–Trinajstić information content (AvgIpc) is 2.43. The summed E-state index contributed by atoms with van der Waals surface area (Å²) < 4.78 is 0. The Morgan fingerprint density at radius 3 is 2.11 bits per heavy atom. The largest absolute Gasteiger partial charge is 0.326 e.